The minimum Gasteiger partial charge on any atom is -0.347 e. The Balaban J connectivity index is 1.94. The van der Waals surface area contributed by atoms with Crippen LogP contribution in [-0.2, 0) is 5.75 Å². The van der Waals surface area contributed by atoms with Crippen LogP contribution in [0, 0.1) is 0 Å². The third-order valence-corrected chi connectivity index (χ3v) is 3.94. The van der Waals surface area contributed by atoms with Crippen LogP contribution in [0.25, 0.3) is 0 Å². The summed E-state index contributed by atoms with van der Waals surface area (Å²) < 4.78 is 0. The summed E-state index contributed by atoms with van der Waals surface area (Å²) in [5.74, 6) is 0.885. The Bertz CT molecular complexity index is 585. The van der Waals surface area contributed by atoms with Gasteiger partial charge in [-0.25, -0.2) is 0 Å². The number of hydrogen-bond acceptors (Lipinski definition) is 2. The number of carbonyl (C=O) groups is 1. The molecule has 2 rings (SSSR count). The summed E-state index contributed by atoms with van der Waals surface area (Å²) in [6.45, 7) is 5.95. The van der Waals surface area contributed by atoms with E-state index in [1.54, 1.807) is 11.8 Å². The zero-order valence-corrected chi connectivity index (χ0v) is 13.5. The number of rotatable bonds is 4. The van der Waals surface area contributed by atoms with Gasteiger partial charge in [0.05, 0.1) is 0 Å². The highest BCUT2D eigenvalue weighted by Crippen LogP contribution is 2.22. The molecule has 3 heteroatoms. The lowest BCUT2D eigenvalue weighted by Gasteiger charge is -2.20. The predicted octanol–water partition coefficient (Wildman–Crippen LogP) is 4.51. The van der Waals surface area contributed by atoms with Gasteiger partial charge in [-0.1, -0.05) is 30.3 Å². The van der Waals surface area contributed by atoms with Crippen molar-refractivity contribution in [2.75, 3.05) is 0 Å². The average molecular weight is 299 g/mol. The molecule has 21 heavy (non-hydrogen) atoms. The molecule has 0 aromatic heterocycles. The Labute approximate surface area is 131 Å². The van der Waals surface area contributed by atoms with Crippen molar-refractivity contribution in [2.45, 2.75) is 37.0 Å². The highest BCUT2D eigenvalue weighted by atomic mass is 32.2. The fourth-order valence-electron chi connectivity index (χ4n) is 1.85. The predicted molar refractivity (Wildman–Crippen MR) is 89.7 cm³/mol. The first-order chi connectivity index (χ1) is 9.94. The van der Waals surface area contributed by atoms with E-state index in [0.717, 1.165) is 5.75 Å². The van der Waals surface area contributed by atoms with E-state index in [9.17, 15) is 4.79 Å². The molecule has 0 spiro atoms. The number of nitrogens with one attached hydrogen (secondary N) is 1. The summed E-state index contributed by atoms with van der Waals surface area (Å²) in [5, 5.41) is 2.97. The highest BCUT2D eigenvalue weighted by Gasteiger charge is 2.14. The molecule has 0 aliphatic carbocycles. The Hall–Kier alpha value is -1.74. The van der Waals surface area contributed by atoms with Gasteiger partial charge in [0.2, 0.25) is 0 Å². The summed E-state index contributed by atoms with van der Waals surface area (Å²) in [5.41, 5.74) is 1.72. The molecule has 0 saturated heterocycles. The summed E-state index contributed by atoms with van der Waals surface area (Å²) >= 11 is 1.80. The molecule has 0 bridgehead atoms. The highest BCUT2D eigenvalue weighted by molar-refractivity contribution is 7.98. The minimum absolute atomic E-state index is 0.0234. The summed E-state index contributed by atoms with van der Waals surface area (Å²) in [6, 6.07) is 18.1. The SMILES string of the molecule is CC(C)(C)NC(=O)c1ccc(CSc2ccccc2)cc1. The van der Waals surface area contributed by atoms with Gasteiger partial charge >= 0.3 is 0 Å². The van der Waals surface area contributed by atoms with Crippen molar-refractivity contribution in [1.82, 2.24) is 5.32 Å². The van der Waals surface area contributed by atoms with Gasteiger partial charge in [0, 0.05) is 21.8 Å². The Morgan fingerprint density at radius 3 is 2.19 bits per heavy atom. The first-order valence-electron chi connectivity index (χ1n) is 7.03. The molecule has 0 unspecified atom stereocenters. The molecular formula is C18H21NOS. The molecule has 0 aliphatic heterocycles. The second-order valence-electron chi connectivity index (χ2n) is 6.00. The average Bonchev–Trinajstić information content (AvgIpc) is 2.45. The van der Waals surface area contributed by atoms with Crippen LogP contribution in [0.3, 0.4) is 0 Å². The van der Waals surface area contributed by atoms with Gasteiger partial charge in [-0.05, 0) is 50.6 Å². The molecule has 2 nitrogen and oxygen atoms in total. The van der Waals surface area contributed by atoms with E-state index < -0.39 is 0 Å². The fourth-order valence-corrected chi connectivity index (χ4v) is 2.72. The van der Waals surface area contributed by atoms with E-state index in [1.807, 2.05) is 63.2 Å². The number of amides is 1. The van der Waals surface area contributed by atoms with E-state index in [2.05, 4.69) is 17.4 Å². The number of carbonyl (C=O) groups excluding carboxylic acids is 1. The molecule has 1 N–H and O–H groups in total. The number of benzene rings is 2. The maximum atomic E-state index is 12.0. The van der Waals surface area contributed by atoms with Gasteiger partial charge < -0.3 is 5.32 Å². The van der Waals surface area contributed by atoms with E-state index in [4.69, 9.17) is 0 Å². The minimum atomic E-state index is -0.209. The molecule has 0 heterocycles. The van der Waals surface area contributed by atoms with Crippen molar-refractivity contribution in [2.24, 2.45) is 0 Å². The van der Waals surface area contributed by atoms with Crippen molar-refractivity contribution in [1.29, 1.82) is 0 Å². The van der Waals surface area contributed by atoms with Crippen LogP contribution >= 0.6 is 11.8 Å². The quantitative estimate of drug-likeness (QED) is 0.842. The van der Waals surface area contributed by atoms with E-state index in [-0.39, 0.29) is 11.4 Å². The third-order valence-electron chi connectivity index (χ3n) is 2.85. The summed E-state index contributed by atoms with van der Waals surface area (Å²) in [4.78, 5) is 13.3. The molecule has 0 aliphatic rings. The molecular weight excluding hydrogens is 278 g/mol. The lowest BCUT2D eigenvalue weighted by molar-refractivity contribution is 0.0919. The van der Waals surface area contributed by atoms with Crippen molar-refractivity contribution in [3.8, 4) is 0 Å². The lowest BCUT2D eigenvalue weighted by Crippen LogP contribution is -2.40. The summed E-state index contributed by atoms with van der Waals surface area (Å²) in [6.07, 6.45) is 0. The van der Waals surface area contributed by atoms with Gasteiger partial charge in [-0.3, -0.25) is 4.79 Å². The molecule has 110 valence electrons. The van der Waals surface area contributed by atoms with Crippen LogP contribution in [-0.4, -0.2) is 11.4 Å². The van der Waals surface area contributed by atoms with Crippen LogP contribution in [0.15, 0.2) is 59.5 Å². The molecule has 0 saturated carbocycles. The molecule has 0 radical (unpaired) electrons. The fraction of sp³-hybridized carbons (Fsp3) is 0.278. The smallest absolute Gasteiger partial charge is 0.251 e. The van der Waals surface area contributed by atoms with E-state index in [1.165, 1.54) is 10.5 Å². The normalized spacial score (nSPS) is 11.2. The monoisotopic (exact) mass is 299 g/mol. The van der Waals surface area contributed by atoms with Gasteiger partial charge in [-0.2, -0.15) is 0 Å². The van der Waals surface area contributed by atoms with Crippen LogP contribution < -0.4 is 5.32 Å². The molecule has 2 aromatic carbocycles. The largest absolute Gasteiger partial charge is 0.347 e. The first kappa shape index (κ1) is 15.6. The summed E-state index contributed by atoms with van der Waals surface area (Å²) in [7, 11) is 0. The maximum Gasteiger partial charge on any atom is 0.251 e. The second kappa shape index (κ2) is 6.81. The second-order valence-corrected chi connectivity index (χ2v) is 7.05. The molecule has 0 atom stereocenters. The van der Waals surface area contributed by atoms with Crippen LogP contribution in [0.2, 0.25) is 0 Å². The van der Waals surface area contributed by atoms with E-state index in [0.29, 0.717) is 5.56 Å². The Morgan fingerprint density at radius 1 is 1.00 bits per heavy atom. The third kappa shape index (κ3) is 5.27. The zero-order valence-electron chi connectivity index (χ0n) is 12.7. The number of thioether (sulfide) groups is 1. The number of hydrogen-bond donors (Lipinski definition) is 1. The van der Waals surface area contributed by atoms with Crippen molar-refractivity contribution in [3.63, 3.8) is 0 Å². The van der Waals surface area contributed by atoms with Crippen LogP contribution in [0.1, 0.15) is 36.7 Å². The van der Waals surface area contributed by atoms with Crippen LogP contribution in [0.4, 0.5) is 0 Å². The maximum absolute atomic E-state index is 12.0. The lowest BCUT2D eigenvalue weighted by atomic mass is 10.1. The van der Waals surface area contributed by atoms with Crippen molar-refractivity contribution < 1.29 is 4.79 Å². The van der Waals surface area contributed by atoms with Gasteiger partial charge in [0.15, 0.2) is 0 Å². The van der Waals surface area contributed by atoms with Gasteiger partial charge in [0.25, 0.3) is 5.91 Å². The van der Waals surface area contributed by atoms with Crippen molar-refractivity contribution in [3.05, 3.63) is 65.7 Å². The van der Waals surface area contributed by atoms with Crippen molar-refractivity contribution >= 4 is 17.7 Å². The first-order valence-corrected chi connectivity index (χ1v) is 8.02. The van der Waals surface area contributed by atoms with Gasteiger partial charge in [0.1, 0.15) is 0 Å². The molecule has 0 fully saturated rings. The standard InChI is InChI=1S/C18H21NOS/c1-18(2,3)19-17(20)15-11-9-14(10-12-15)13-21-16-7-5-4-6-8-16/h4-12H,13H2,1-3H3,(H,19,20). The Kier molecular flexibility index (Phi) is 5.07. The zero-order chi connectivity index (χ0) is 15.3. The molecule has 2 aromatic rings. The van der Waals surface area contributed by atoms with Crippen LogP contribution in [0.5, 0.6) is 0 Å². The van der Waals surface area contributed by atoms with Gasteiger partial charge in [-0.15, -0.1) is 11.8 Å². The molecule has 1 amide bonds. The Morgan fingerprint density at radius 2 is 1.62 bits per heavy atom. The topological polar surface area (TPSA) is 29.1 Å². The van der Waals surface area contributed by atoms with E-state index >= 15 is 0 Å².